The molecule has 0 saturated carbocycles. The first-order valence-corrected chi connectivity index (χ1v) is 9.07. The standard InChI is InChI=1S/C20H23ClN2O3/c1-14-11-23(12-15(2)25-14)13-20(24)22-16-7-9-17(10-8-16)26-19-6-4-3-5-18(19)21/h3-10,14-15H,11-13H2,1-2H3,(H,22,24). The molecule has 1 fully saturated rings. The van der Waals surface area contributed by atoms with E-state index in [2.05, 4.69) is 10.2 Å². The molecule has 6 heteroatoms. The molecule has 26 heavy (non-hydrogen) atoms. The third-order valence-corrected chi connectivity index (χ3v) is 4.38. The number of hydrogen-bond acceptors (Lipinski definition) is 4. The smallest absolute Gasteiger partial charge is 0.238 e. The first-order chi connectivity index (χ1) is 12.5. The first kappa shape index (κ1) is 18.7. The van der Waals surface area contributed by atoms with Gasteiger partial charge in [0.15, 0.2) is 0 Å². The molecule has 1 amide bonds. The fourth-order valence-corrected chi connectivity index (χ4v) is 3.25. The lowest BCUT2D eigenvalue weighted by Crippen LogP contribution is -2.48. The molecule has 2 aromatic carbocycles. The topological polar surface area (TPSA) is 50.8 Å². The van der Waals surface area contributed by atoms with E-state index in [1.807, 2.05) is 44.2 Å². The van der Waals surface area contributed by atoms with Gasteiger partial charge in [-0.3, -0.25) is 9.69 Å². The number of carbonyl (C=O) groups excluding carboxylic acids is 1. The van der Waals surface area contributed by atoms with Crippen LogP contribution in [0.25, 0.3) is 0 Å². The SMILES string of the molecule is CC1CN(CC(=O)Nc2ccc(Oc3ccccc3Cl)cc2)CC(C)O1. The van der Waals surface area contributed by atoms with Gasteiger partial charge in [-0.25, -0.2) is 0 Å². The van der Waals surface area contributed by atoms with Crippen molar-refractivity contribution in [2.45, 2.75) is 26.1 Å². The summed E-state index contributed by atoms with van der Waals surface area (Å²) >= 11 is 6.09. The molecule has 1 heterocycles. The molecule has 1 saturated heterocycles. The molecule has 0 spiro atoms. The average Bonchev–Trinajstić information content (AvgIpc) is 2.57. The molecule has 5 nitrogen and oxygen atoms in total. The summed E-state index contributed by atoms with van der Waals surface area (Å²) < 4.78 is 11.4. The molecule has 0 bridgehead atoms. The van der Waals surface area contributed by atoms with Crippen molar-refractivity contribution in [2.75, 3.05) is 25.0 Å². The molecule has 2 atom stereocenters. The Morgan fingerprint density at radius 3 is 2.46 bits per heavy atom. The summed E-state index contributed by atoms with van der Waals surface area (Å²) in [6, 6.07) is 14.5. The monoisotopic (exact) mass is 374 g/mol. The van der Waals surface area contributed by atoms with Crippen LogP contribution < -0.4 is 10.1 Å². The zero-order valence-corrected chi connectivity index (χ0v) is 15.7. The van der Waals surface area contributed by atoms with Gasteiger partial charge in [0, 0.05) is 18.8 Å². The lowest BCUT2D eigenvalue weighted by Gasteiger charge is -2.34. The van der Waals surface area contributed by atoms with E-state index in [1.54, 1.807) is 18.2 Å². The van der Waals surface area contributed by atoms with Crippen molar-refractivity contribution in [1.82, 2.24) is 4.90 Å². The zero-order chi connectivity index (χ0) is 18.5. The van der Waals surface area contributed by atoms with Crippen molar-refractivity contribution in [1.29, 1.82) is 0 Å². The number of morpholine rings is 1. The Hall–Kier alpha value is -2.08. The van der Waals surface area contributed by atoms with Crippen molar-refractivity contribution in [3.05, 3.63) is 53.6 Å². The molecular formula is C20H23ClN2O3. The van der Waals surface area contributed by atoms with Gasteiger partial charge in [-0.15, -0.1) is 0 Å². The van der Waals surface area contributed by atoms with E-state index in [0.29, 0.717) is 23.1 Å². The van der Waals surface area contributed by atoms with Crippen LogP contribution in [0.4, 0.5) is 5.69 Å². The molecule has 1 aliphatic rings. The molecule has 138 valence electrons. The molecule has 3 rings (SSSR count). The van der Waals surface area contributed by atoms with Crippen LogP contribution in [0, 0.1) is 0 Å². The largest absolute Gasteiger partial charge is 0.456 e. The molecule has 2 aromatic rings. The highest BCUT2D eigenvalue weighted by molar-refractivity contribution is 6.32. The maximum atomic E-state index is 12.3. The van der Waals surface area contributed by atoms with Crippen molar-refractivity contribution >= 4 is 23.2 Å². The third kappa shape index (κ3) is 5.21. The van der Waals surface area contributed by atoms with E-state index < -0.39 is 0 Å². The number of rotatable bonds is 5. The van der Waals surface area contributed by atoms with Gasteiger partial charge in [0.2, 0.25) is 5.91 Å². The van der Waals surface area contributed by atoms with Gasteiger partial charge >= 0.3 is 0 Å². The summed E-state index contributed by atoms with van der Waals surface area (Å²) in [4.78, 5) is 14.4. The lowest BCUT2D eigenvalue weighted by molar-refractivity contribution is -0.121. The normalized spacial score (nSPS) is 20.6. The number of nitrogens with one attached hydrogen (secondary N) is 1. The highest BCUT2D eigenvalue weighted by Gasteiger charge is 2.23. The summed E-state index contributed by atoms with van der Waals surface area (Å²) in [7, 11) is 0. The van der Waals surface area contributed by atoms with Gasteiger partial charge in [0.05, 0.1) is 23.8 Å². The van der Waals surface area contributed by atoms with Crippen LogP contribution in [-0.2, 0) is 9.53 Å². The fourth-order valence-electron chi connectivity index (χ4n) is 3.08. The number of ether oxygens (including phenoxy) is 2. The van der Waals surface area contributed by atoms with Crippen LogP contribution in [0.2, 0.25) is 5.02 Å². The van der Waals surface area contributed by atoms with Crippen LogP contribution in [0.15, 0.2) is 48.5 Å². The molecule has 1 N–H and O–H groups in total. The Morgan fingerprint density at radius 1 is 1.15 bits per heavy atom. The van der Waals surface area contributed by atoms with E-state index in [0.717, 1.165) is 18.8 Å². The van der Waals surface area contributed by atoms with Gasteiger partial charge in [-0.05, 0) is 50.2 Å². The van der Waals surface area contributed by atoms with Crippen molar-refractivity contribution < 1.29 is 14.3 Å². The Balaban J connectivity index is 1.54. The molecular weight excluding hydrogens is 352 g/mol. The molecule has 2 unspecified atom stereocenters. The Kier molecular flexibility index (Phi) is 6.14. The van der Waals surface area contributed by atoms with Gasteiger partial charge in [0.1, 0.15) is 11.5 Å². The highest BCUT2D eigenvalue weighted by atomic mass is 35.5. The van der Waals surface area contributed by atoms with E-state index in [4.69, 9.17) is 21.1 Å². The molecule has 0 aromatic heterocycles. The summed E-state index contributed by atoms with van der Waals surface area (Å²) in [5.74, 6) is 1.22. The van der Waals surface area contributed by atoms with Crippen LogP contribution in [-0.4, -0.2) is 42.6 Å². The number of benzene rings is 2. The van der Waals surface area contributed by atoms with Crippen LogP contribution in [0.1, 0.15) is 13.8 Å². The quantitative estimate of drug-likeness (QED) is 0.853. The lowest BCUT2D eigenvalue weighted by atomic mass is 10.2. The number of carbonyl (C=O) groups is 1. The minimum Gasteiger partial charge on any atom is -0.456 e. The van der Waals surface area contributed by atoms with Gasteiger partial charge in [-0.2, -0.15) is 0 Å². The Morgan fingerprint density at radius 2 is 1.81 bits per heavy atom. The minimum atomic E-state index is -0.0360. The predicted molar refractivity (Wildman–Crippen MR) is 103 cm³/mol. The number of anilines is 1. The van der Waals surface area contributed by atoms with Gasteiger partial charge in [0.25, 0.3) is 0 Å². The van der Waals surface area contributed by atoms with Crippen LogP contribution in [0.3, 0.4) is 0 Å². The predicted octanol–water partition coefficient (Wildman–Crippen LogP) is 4.18. The van der Waals surface area contributed by atoms with E-state index >= 15 is 0 Å². The second-order valence-corrected chi connectivity index (χ2v) is 6.96. The number of nitrogens with zero attached hydrogens (tertiary/aromatic N) is 1. The van der Waals surface area contributed by atoms with Gasteiger partial charge in [-0.1, -0.05) is 23.7 Å². The number of amides is 1. The summed E-state index contributed by atoms with van der Waals surface area (Å²) in [5.41, 5.74) is 0.732. The Bertz CT molecular complexity index is 741. The second kappa shape index (κ2) is 8.54. The third-order valence-electron chi connectivity index (χ3n) is 4.06. The molecule has 0 radical (unpaired) electrons. The molecule has 1 aliphatic heterocycles. The first-order valence-electron chi connectivity index (χ1n) is 8.69. The highest BCUT2D eigenvalue weighted by Crippen LogP contribution is 2.29. The number of hydrogen-bond donors (Lipinski definition) is 1. The van der Waals surface area contributed by atoms with Crippen LogP contribution >= 0.6 is 11.6 Å². The molecule has 0 aliphatic carbocycles. The van der Waals surface area contributed by atoms with Crippen molar-refractivity contribution in [3.8, 4) is 11.5 Å². The van der Waals surface area contributed by atoms with E-state index in [-0.39, 0.29) is 18.1 Å². The second-order valence-electron chi connectivity index (χ2n) is 6.56. The fraction of sp³-hybridized carbons (Fsp3) is 0.350. The maximum Gasteiger partial charge on any atom is 0.238 e. The number of para-hydroxylation sites is 1. The average molecular weight is 375 g/mol. The van der Waals surface area contributed by atoms with E-state index in [1.165, 1.54) is 0 Å². The Labute approximate surface area is 158 Å². The summed E-state index contributed by atoms with van der Waals surface area (Å²) in [6.07, 6.45) is 0.292. The van der Waals surface area contributed by atoms with Gasteiger partial charge < -0.3 is 14.8 Å². The van der Waals surface area contributed by atoms with Crippen molar-refractivity contribution in [3.63, 3.8) is 0 Å². The van der Waals surface area contributed by atoms with E-state index in [9.17, 15) is 4.79 Å². The maximum absolute atomic E-state index is 12.3. The minimum absolute atomic E-state index is 0.0360. The summed E-state index contributed by atoms with van der Waals surface area (Å²) in [5, 5.41) is 3.47. The number of halogens is 1. The van der Waals surface area contributed by atoms with Crippen LogP contribution in [0.5, 0.6) is 11.5 Å². The van der Waals surface area contributed by atoms with Crippen molar-refractivity contribution in [2.24, 2.45) is 0 Å². The summed E-state index contributed by atoms with van der Waals surface area (Å²) in [6.45, 7) is 5.94. The zero-order valence-electron chi connectivity index (χ0n) is 14.9.